The van der Waals surface area contributed by atoms with E-state index in [0.29, 0.717) is 60.5 Å². The van der Waals surface area contributed by atoms with Gasteiger partial charge in [-0.15, -0.1) is 0 Å². The zero-order valence-electron chi connectivity index (χ0n) is 24.7. The summed E-state index contributed by atoms with van der Waals surface area (Å²) in [6.45, 7) is 1.49. The number of H-pyrrole nitrogens is 1. The largest absolute Gasteiger partial charge is 0.382 e. The molecule has 16 heteroatoms. The Morgan fingerprint density at radius 3 is 2.61 bits per heavy atom. The van der Waals surface area contributed by atoms with Gasteiger partial charge in [-0.3, -0.25) is 19.9 Å². The van der Waals surface area contributed by atoms with Crippen molar-refractivity contribution in [3.05, 3.63) is 77.2 Å². The monoisotopic (exact) mass is 756 g/mol. The van der Waals surface area contributed by atoms with Crippen LogP contribution >= 0.6 is 22.6 Å². The number of likely N-dealkylation sites (tertiary alicyclic amines) is 1. The lowest BCUT2D eigenvalue weighted by molar-refractivity contribution is 0.0668. The van der Waals surface area contributed by atoms with E-state index in [0.717, 1.165) is 16.5 Å². The summed E-state index contributed by atoms with van der Waals surface area (Å²) in [5, 5.41) is 7.08. The molecule has 4 heterocycles. The van der Waals surface area contributed by atoms with Crippen molar-refractivity contribution < 1.29 is 18.0 Å². The summed E-state index contributed by atoms with van der Waals surface area (Å²) >= 11 is 2.08. The van der Waals surface area contributed by atoms with Crippen LogP contribution in [0.2, 0.25) is 0 Å². The maximum Gasteiger partial charge on any atom is 0.280 e. The molecule has 2 amide bonds. The summed E-state index contributed by atoms with van der Waals surface area (Å²) in [6.07, 6.45) is 3.57. The van der Waals surface area contributed by atoms with Gasteiger partial charge in [-0.1, -0.05) is 46.9 Å². The molecular formula is C30H33IN10O4S. The summed E-state index contributed by atoms with van der Waals surface area (Å²) in [5.41, 5.74) is 14.0. The summed E-state index contributed by atoms with van der Waals surface area (Å²) in [4.78, 5) is 44.0. The Bertz CT molecular complexity index is 1950. The number of benzene rings is 2. The van der Waals surface area contributed by atoms with Gasteiger partial charge in [-0.05, 0) is 49.1 Å². The Morgan fingerprint density at radius 2 is 1.83 bits per heavy atom. The molecule has 1 saturated heterocycles. The SMILES string of the molecule is Nc1nc(N)c(C(=O)NC2=NCC3(CCN(C(=O)c4cccc(S(=O)(=O)NCCc5c[nH]c6ccccc56)c4)CC3)N2)nc1CI. The maximum absolute atomic E-state index is 13.4. The fourth-order valence-electron chi connectivity index (χ4n) is 5.70. The first-order valence-electron chi connectivity index (χ1n) is 14.6. The van der Waals surface area contributed by atoms with Gasteiger partial charge in [-0.25, -0.2) is 23.1 Å². The number of anilines is 2. The van der Waals surface area contributed by atoms with Crippen LogP contribution in [-0.4, -0.2) is 77.8 Å². The standard InChI is InChI=1S/C30H33IN10O4S/c31-15-23-25(32)38-26(33)24(37-23)27(42)39-29-35-17-30(40-29)9-12-41(13-10-30)28(43)18-4-3-5-20(14-18)46(44,45)36-11-8-19-16-34-22-7-2-1-6-21(19)22/h1-7,14,16,34,36H,8-13,15,17H2,(H4,32,33,38)(H2,35,39,40,42). The van der Waals surface area contributed by atoms with Crippen molar-refractivity contribution in [2.24, 2.45) is 4.99 Å². The number of hydrogen-bond donors (Lipinski definition) is 6. The van der Waals surface area contributed by atoms with Crippen molar-refractivity contribution in [1.82, 2.24) is 35.2 Å². The van der Waals surface area contributed by atoms with Crippen LogP contribution in [0.3, 0.4) is 0 Å². The lowest BCUT2D eigenvalue weighted by Gasteiger charge is -2.39. The molecule has 6 rings (SSSR count). The number of nitrogen functional groups attached to an aromatic ring is 2. The molecule has 2 aliphatic heterocycles. The van der Waals surface area contributed by atoms with E-state index in [1.54, 1.807) is 17.0 Å². The number of nitrogens with one attached hydrogen (secondary N) is 4. The number of hydrogen-bond acceptors (Lipinski definition) is 10. The number of nitrogens with zero attached hydrogens (tertiary/aromatic N) is 4. The molecule has 1 fully saturated rings. The Kier molecular flexibility index (Phi) is 8.84. The number of aromatic nitrogens is 3. The minimum atomic E-state index is -3.83. The van der Waals surface area contributed by atoms with Gasteiger partial charge in [0.2, 0.25) is 10.0 Å². The number of guanidine groups is 1. The number of rotatable bonds is 8. The van der Waals surface area contributed by atoms with E-state index in [1.807, 2.05) is 30.5 Å². The van der Waals surface area contributed by atoms with E-state index in [9.17, 15) is 18.0 Å². The molecule has 0 aliphatic carbocycles. The number of alkyl halides is 1. The molecule has 4 aromatic rings. The average molecular weight is 757 g/mol. The van der Waals surface area contributed by atoms with Crippen LogP contribution in [-0.2, 0) is 20.9 Å². The molecule has 1 spiro atoms. The van der Waals surface area contributed by atoms with Gasteiger partial charge in [0.1, 0.15) is 5.82 Å². The highest BCUT2D eigenvalue weighted by Gasteiger charge is 2.40. The summed E-state index contributed by atoms with van der Waals surface area (Å²) < 4.78 is 29.3. The minimum absolute atomic E-state index is 0.0274. The number of halogens is 1. The molecule has 8 N–H and O–H groups in total. The Balaban J connectivity index is 1.03. The smallest absolute Gasteiger partial charge is 0.280 e. The van der Waals surface area contributed by atoms with Crippen molar-refractivity contribution >= 4 is 72.9 Å². The number of carbonyl (C=O) groups excluding carboxylic acids is 2. The van der Waals surface area contributed by atoms with E-state index in [1.165, 1.54) is 12.1 Å². The second kappa shape index (κ2) is 12.8. The molecule has 0 radical (unpaired) electrons. The Labute approximate surface area is 279 Å². The zero-order chi connectivity index (χ0) is 32.5. The summed E-state index contributed by atoms with van der Waals surface area (Å²) in [7, 11) is -3.83. The Morgan fingerprint density at radius 1 is 1.04 bits per heavy atom. The molecule has 0 saturated carbocycles. The predicted octanol–water partition coefficient (Wildman–Crippen LogP) is 1.94. The van der Waals surface area contributed by atoms with Crippen molar-refractivity contribution in [2.75, 3.05) is 37.6 Å². The van der Waals surface area contributed by atoms with Crippen LogP contribution in [0.4, 0.5) is 11.6 Å². The third-order valence-corrected chi connectivity index (χ3v) is 10.5. The van der Waals surface area contributed by atoms with E-state index < -0.39 is 21.5 Å². The first-order valence-corrected chi connectivity index (χ1v) is 17.6. The molecule has 240 valence electrons. The highest BCUT2D eigenvalue weighted by molar-refractivity contribution is 14.1. The number of sulfonamides is 1. The maximum atomic E-state index is 13.4. The van der Waals surface area contributed by atoms with Gasteiger partial charge < -0.3 is 26.7 Å². The fourth-order valence-corrected chi connectivity index (χ4v) is 7.34. The lowest BCUT2D eigenvalue weighted by atomic mass is 9.88. The molecule has 2 aromatic heterocycles. The quantitative estimate of drug-likeness (QED) is 0.114. The third kappa shape index (κ3) is 6.50. The molecular weight excluding hydrogens is 723 g/mol. The first-order chi connectivity index (χ1) is 22.1. The van der Waals surface area contributed by atoms with Crippen molar-refractivity contribution in [2.45, 2.75) is 34.1 Å². The number of fused-ring (bicyclic) bond motifs is 1. The van der Waals surface area contributed by atoms with Crippen LogP contribution in [0.5, 0.6) is 0 Å². The second-order valence-corrected chi connectivity index (χ2v) is 13.8. The number of carbonyl (C=O) groups is 2. The molecule has 0 atom stereocenters. The van der Waals surface area contributed by atoms with E-state index >= 15 is 0 Å². The number of aliphatic imine (C=N–C) groups is 1. The van der Waals surface area contributed by atoms with E-state index in [-0.39, 0.29) is 34.7 Å². The summed E-state index contributed by atoms with van der Waals surface area (Å²) in [6, 6.07) is 14.0. The highest BCUT2D eigenvalue weighted by Crippen LogP contribution is 2.27. The average Bonchev–Trinajstić information content (AvgIpc) is 3.64. The third-order valence-electron chi connectivity index (χ3n) is 8.28. The molecule has 0 unspecified atom stereocenters. The second-order valence-electron chi connectivity index (χ2n) is 11.3. The van der Waals surface area contributed by atoms with Crippen LogP contribution in [0.15, 0.2) is 64.6 Å². The van der Waals surface area contributed by atoms with Crippen LogP contribution in [0.25, 0.3) is 10.9 Å². The minimum Gasteiger partial charge on any atom is -0.382 e. The lowest BCUT2D eigenvalue weighted by Crippen LogP contribution is -2.57. The number of aromatic amines is 1. The van der Waals surface area contributed by atoms with Crippen LogP contribution in [0, 0.1) is 0 Å². The van der Waals surface area contributed by atoms with Gasteiger partial charge in [0.15, 0.2) is 17.5 Å². The van der Waals surface area contributed by atoms with Gasteiger partial charge in [0.05, 0.1) is 22.7 Å². The van der Waals surface area contributed by atoms with Crippen LogP contribution in [0.1, 0.15) is 44.9 Å². The normalized spacial score (nSPS) is 15.9. The molecule has 2 aliphatic rings. The van der Waals surface area contributed by atoms with Crippen LogP contribution < -0.4 is 26.8 Å². The zero-order valence-corrected chi connectivity index (χ0v) is 27.7. The summed E-state index contributed by atoms with van der Waals surface area (Å²) in [5.74, 6) is -0.380. The van der Waals surface area contributed by atoms with Crippen molar-refractivity contribution in [3.63, 3.8) is 0 Å². The molecule has 46 heavy (non-hydrogen) atoms. The topological polar surface area (TPSA) is 214 Å². The molecule has 2 aromatic carbocycles. The number of piperidine rings is 1. The van der Waals surface area contributed by atoms with Crippen molar-refractivity contribution in [3.8, 4) is 0 Å². The number of amides is 2. The number of nitrogens with two attached hydrogens (primary N) is 2. The van der Waals surface area contributed by atoms with E-state index in [4.69, 9.17) is 11.5 Å². The van der Waals surface area contributed by atoms with Gasteiger partial charge in [0, 0.05) is 46.7 Å². The van der Waals surface area contributed by atoms with Gasteiger partial charge in [0.25, 0.3) is 11.8 Å². The Hall–Kier alpha value is -4.29. The molecule has 14 nitrogen and oxygen atoms in total. The van der Waals surface area contributed by atoms with Crippen molar-refractivity contribution in [1.29, 1.82) is 0 Å². The van der Waals surface area contributed by atoms with Gasteiger partial charge >= 0.3 is 0 Å². The number of para-hydroxylation sites is 1. The first kappa shape index (κ1) is 31.7. The van der Waals surface area contributed by atoms with Gasteiger partial charge in [-0.2, -0.15) is 0 Å². The van der Waals surface area contributed by atoms with E-state index in [2.05, 4.69) is 57.9 Å². The highest BCUT2D eigenvalue weighted by atomic mass is 127. The molecule has 0 bridgehead atoms. The fraction of sp³-hybridized carbons (Fsp3) is 0.300. The predicted molar refractivity (Wildman–Crippen MR) is 183 cm³/mol.